The highest BCUT2D eigenvalue weighted by Gasteiger charge is 2.36. The number of alkyl halides is 6. The van der Waals surface area contributed by atoms with Crippen molar-refractivity contribution in [1.82, 2.24) is 15.0 Å². The summed E-state index contributed by atoms with van der Waals surface area (Å²) in [4.78, 5) is 6.53. The van der Waals surface area contributed by atoms with E-state index in [-0.39, 0.29) is 23.3 Å². The first kappa shape index (κ1) is 23.0. The molecule has 1 aromatic heterocycles. The van der Waals surface area contributed by atoms with Gasteiger partial charge >= 0.3 is 12.4 Å². The highest BCUT2D eigenvalue weighted by atomic mass is 19.4. The maximum absolute atomic E-state index is 13.0. The Morgan fingerprint density at radius 1 is 0.879 bits per heavy atom. The van der Waals surface area contributed by atoms with Gasteiger partial charge in [-0.05, 0) is 73.5 Å². The van der Waals surface area contributed by atoms with Crippen LogP contribution in [0.3, 0.4) is 0 Å². The lowest BCUT2D eigenvalue weighted by molar-refractivity contribution is -0.143. The summed E-state index contributed by atoms with van der Waals surface area (Å²) >= 11 is 0. The average Bonchev–Trinajstić information content (AvgIpc) is 3.43. The molecule has 33 heavy (non-hydrogen) atoms. The fourth-order valence-corrected chi connectivity index (χ4v) is 3.67. The standard InChI is InChI=1S/C23H19F6N3O/c24-22(25,26)18-11-15(12-19(13-18)23(27,28)29)6-7-20-30-21(33-31-20)17-5-3-4-16(10-17)14-32-8-1-2-9-32/h3-7,10-13H,1-2,8-9,14H2. The molecule has 0 radical (unpaired) electrons. The third-order valence-electron chi connectivity index (χ3n) is 5.26. The van der Waals surface area contributed by atoms with E-state index in [1.54, 1.807) is 6.07 Å². The van der Waals surface area contributed by atoms with Gasteiger partial charge in [-0.3, -0.25) is 4.90 Å². The minimum atomic E-state index is -4.91. The van der Waals surface area contributed by atoms with Crippen LogP contribution in [0.4, 0.5) is 26.3 Å². The van der Waals surface area contributed by atoms with Crippen LogP contribution in [-0.4, -0.2) is 28.1 Å². The van der Waals surface area contributed by atoms with Crippen LogP contribution in [0.2, 0.25) is 0 Å². The van der Waals surface area contributed by atoms with Crippen LogP contribution in [0, 0.1) is 0 Å². The van der Waals surface area contributed by atoms with Crippen LogP contribution >= 0.6 is 0 Å². The molecule has 2 aromatic carbocycles. The second-order valence-electron chi connectivity index (χ2n) is 7.81. The van der Waals surface area contributed by atoms with Crippen LogP contribution < -0.4 is 0 Å². The number of aromatic nitrogens is 2. The van der Waals surface area contributed by atoms with Crippen molar-refractivity contribution in [3.8, 4) is 11.5 Å². The first-order chi connectivity index (χ1) is 15.6. The summed E-state index contributed by atoms with van der Waals surface area (Å²) < 4.78 is 83.3. The normalized spacial score (nSPS) is 15.6. The second kappa shape index (κ2) is 9.01. The van der Waals surface area contributed by atoms with E-state index in [0.717, 1.165) is 31.3 Å². The van der Waals surface area contributed by atoms with Crippen molar-refractivity contribution in [1.29, 1.82) is 0 Å². The molecule has 0 unspecified atom stereocenters. The molecular weight excluding hydrogens is 448 g/mol. The van der Waals surface area contributed by atoms with Crippen molar-refractivity contribution in [3.05, 3.63) is 70.5 Å². The molecule has 1 aliphatic heterocycles. The van der Waals surface area contributed by atoms with Gasteiger partial charge in [0.25, 0.3) is 5.89 Å². The molecule has 0 aliphatic carbocycles. The third kappa shape index (κ3) is 5.81. The monoisotopic (exact) mass is 467 g/mol. The lowest BCUT2D eigenvalue weighted by Crippen LogP contribution is -2.18. The van der Waals surface area contributed by atoms with Crippen molar-refractivity contribution >= 4 is 12.2 Å². The number of hydrogen-bond donors (Lipinski definition) is 0. The van der Waals surface area contributed by atoms with Crippen LogP contribution in [0.1, 0.15) is 40.9 Å². The van der Waals surface area contributed by atoms with Crippen molar-refractivity contribution in [2.45, 2.75) is 31.7 Å². The third-order valence-corrected chi connectivity index (χ3v) is 5.26. The number of likely N-dealkylation sites (tertiary alicyclic amines) is 1. The average molecular weight is 467 g/mol. The van der Waals surface area contributed by atoms with Crippen LogP contribution in [-0.2, 0) is 18.9 Å². The molecule has 3 aromatic rings. The molecule has 1 fully saturated rings. The number of nitrogens with zero attached hydrogens (tertiary/aromatic N) is 3. The Morgan fingerprint density at radius 2 is 1.55 bits per heavy atom. The second-order valence-corrected chi connectivity index (χ2v) is 7.81. The van der Waals surface area contributed by atoms with Gasteiger partial charge in [0.2, 0.25) is 0 Å². The molecule has 10 heteroatoms. The van der Waals surface area contributed by atoms with E-state index in [4.69, 9.17) is 4.52 Å². The largest absolute Gasteiger partial charge is 0.416 e. The summed E-state index contributed by atoms with van der Waals surface area (Å²) in [5, 5.41) is 3.76. The van der Waals surface area contributed by atoms with E-state index in [9.17, 15) is 26.3 Å². The smallest absolute Gasteiger partial charge is 0.334 e. The molecule has 0 bridgehead atoms. The number of halogens is 6. The summed E-state index contributed by atoms with van der Waals surface area (Å²) in [5.74, 6) is 0.235. The van der Waals surface area contributed by atoms with Gasteiger partial charge in [0.15, 0.2) is 5.82 Å². The SMILES string of the molecule is FC(F)(F)c1cc(C=Cc2noc(-c3cccc(CN4CCCC4)c3)n2)cc(C(F)(F)F)c1. The molecular formula is C23H19F6N3O. The summed E-state index contributed by atoms with van der Waals surface area (Å²) in [6.07, 6.45) is -5.18. The van der Waals surface area contributed by atoms with Gasteiger partial charge < -0.3 is 4.52 Å². The Hall–Kier alpha value is -3.14. The van der Waals surface area contributed by atoms with Gasteiger partial charge in [-0.1, -0.05) is 23.4 Å². The zero-order valence-electron chi connectivity index (χ0n) is 17.2. The van der Waals surface area contributed by atoms with Gasteiger partial charge in [-0.2, -0.15) is 31.3 Å². The van der Waals surface area contributed by atoms with Gasteiger partial charge in [0.05, 0.1) is 11.1 Å². The van der Waals surface area contributed by atoms with Crippen molar-refractivity contribution in [2.24, 2.45) is 0 Å². The lowest BCUT2D eigenvalue weighted by atomic mass is 10.0. The quantitative estimate of drug-likeness (QED) is 0.400. The summed E-state index contributed by atoms with van der Waals surface area (Å²) in [5.41, 5.74) is -1.30. The number of rotatable bonds is 5. The summed E-state index contributed by atoms with van der Waals surface area (Å²) in [6, 6.07) is 8.91. The maximum Gasteiger partial charge on any atom is 0.416 e. The maximum atomic E-state index is 13.0. The molecule has 0 saturated carbocycles. The van der Waals surface area contributed by atoms with Gasteiger partial charge in [0, 0.05) is 12.1 Å². The molecule has 4 nitrogen and oxygen atoms in total. The number of benzene rings is 2. The lowest BCUT2D eigenvalue weighted by Gasteiger charge is -2.14. The predicted molar refractivity (Wildman–Crippen MR) is 110 cm³/mol. The van der Waals surface area contributed by atoms with Gasteiger partial charge in [-0.25, -0.2) is 0 Å². The van der Waals surface area contributed by atoms with Crippen LogP contribution in [0.15, 0.2) is 47.0 Å². The van der Waals surface area contributed by atoms with E-state index < -0.39 is 23.5 Å². The Kier molecular flexibility index (Phi) is 6.29. The Balaban J connectivity index is 1.55. The van der Waals surface area contributed by atoms with Crippen LogP contribution in [0.5, 0.6) is 0 Å². The van der Waals surface area contributed by atoms with E-state index in [1.807, 2.05) is 18.2 Å². The van der Waals surface area contributed by atoms with Gasteiger partial charge in [0.1, 0.15) is 0 Å². The zero-order chi connectivity index (χ0) is 23.6. The highest BCUT2D eigenvalue weighted by Crippen LogP contribution is 2.36. The summed E-state index contributed by atoms with van der Waals surface area (Å²) in [6.45, 7) is 2.89. The Bertz CT molecular complexity index is 1110. The fourth-order valence-electron chi connectivity index (χ4n) is 3.67. The molecule has 174 valence electrons. The molecule has 2 heterocycles. The fraction of sp³-hybridized carbons (Fsp3) is 0.304. The van der Waals surface area contributed by atoms with Gasteiger partial charge in [-0.15, -0.1) is 0 Å². The Morgan fingerprint density at radius 3 is 2.18 bits per heavy atom. The highest BCUT2D eigenvalue weighted by molar-refractivity contribution is 5.68. The predicted octanol–water partition coefficient (Wildman–Crippen LogP) is 6.54. The van der Waals surface area contributed by atoms with E-state index >= 15 is 0 Å². The van der Waals surface area contributed by atoms with Crippen LogP contribution in [0.25, 0.3) is 23.6 Å². The molecule has 0 spiro atoms. The minimum Gasteiger partial charge on any atom is -0.334 e. The summed E-state index contributed by atoms with van der Waals surface area (Å²) in [7, 11) is 0. The molecule has 1 saturated heterocycles. The zero-order valence-corrected chi connectivity index (χ0v) is 17.2. The first-order valence-electron chi connectivity index (χ1n) is 10.2. The van der Waals surface area contributed by atoms with E-state index in [0.29, 0.717) is 17.7 Å². The Labute approximate surface area is 185 Å². The topological polar surface area (TPSA) is 42.2 Å². The minimum absolute atomic E-state index is 0.0286. The molecule has 4 rings (SSSR count). The molecule has 0 atom stereocenters. The molecule has 0 amide bonds. The van der Waals surface area contributed by atoms with Crippen molar-refractivity contribution in [3.63, 3.8) is 0 Å². The van der Waals surface area contributed by atoms with Crippen molar-refractivity contribution in [2.75, 3.05) is 13.1 Å². The number of hydrogen-bond acceptors (Lipinski definition) is 4. The molecule has 1 aliphatic rings. The van der Waals surface area contributed by atoms with E-state index in [1.165, 1.54) is 18.9 Å². The first-order valence-corrected chi connectivity index (χ1v) is 10.2. The van der Waals surface area contributed by atoms with Crippen molar-refractivity contribution < 1.29 is 30.9 Å². The molecule has 0 N–H and O–H groups in total. The van der Waals surface area contributed by atoms with E-state index in [2.05, 4.69) is 15.0 Å².